The van der Waals surface area contributed by atoms with E-state index >= 15 is 0 Å². The third-order valence-corrected chi connectivity index (χ3v) is 4.44. The van der Waals surface area contributed by atoms with Crippen LogP contribution in [0, 0.1) is 6.92 Å². The van der Waals surface area contributed by atoms with E-state index in [4.69, 9.17) is 0 Å². The van der Waals surface area contributed by atoms with Crippen LogP contribution < -0.4 is 0 Å². The molecule has 0 unspecified atom stereocenters. The van der Waals surface area contributed by atoms with E-state index in [1.165, 1.54) is 11.1 Å². The lowest BCUT2D eigenvalue weighted by molar-refractivity contribution is 0.687. The summed E-state index contributed by atoms with van der Waals surface area (Å²) >= 11 is 1.69. The van der Waals surface area contributed by atoms with Crippen molar-refractivity contribution in [1.29, 1.82) is 0 Å². The molecular weight excluding hydrogens is 292 g/mol. The van der Waals surface area contributed by atoms with Crippen LogP contribution in [-0.4, -0.2) is 19.7 Å². The molecule has 0 saturated heterocycles. The summed E-state index contributed by atoms with van der Waals surface area (Å²) < 4.78 is 2.16. The van der Waals surface area contributed by atoms with E-state index in [1.807, 2.05) is 12.3 Å². The summed E-state index contributed by atoms with van der Waals surface area (Å²) in [6.07, 6.45) is 3.68. The van der Waals surface area contributed by atoms with E-state index in [2.05, 4.69) is 63.9 Å². The van der Waals surface area contributed by atoms with Gasteiger partial charge in [-0.3, -0.25) is 4.98 Å². The fraction of sp³-hybridized carbons (Fsp3) is 0.235. The number of aromatic nitrogens is 4. The first-order valence-electron chi connectivity index (χ1n) is 7.30. The van der Waals surface area contributed by atoms with Gasteiger partial charge in [0, 0.05) is 30.3 Å². The maximum Gasteiger partial charge on any atom is 0.191 e. The molecule has 0 atom stereocenters. The number of pyridine rings is 1. The van der Waals surface area contributed by atoms with Crippen molar-refractivity contribution in [3.63, 3.8) is 0 Å². The first-order valence-corrected chi connectivity index (χ1v) is 8.28. The highest BCUT2D eigenvalue weighted by molar-refractivity contribution is 7.98. The molecule has 3 aromatic rings. The molecule has 22 heavy (non-hydrogen) atoms. The monoisotopic (exact) mass is 310 g/mol. The van der Waals surface area contributed by atoms with Gasteiger partial charge in [-0.1, -0.05) is 41.6 Å². The number of benzene rings is 1. The maximum atomic E-state index is 4.39. The molecule has 0 aliphatic heterocycles. The Morgan fingerprint density at radius 2 is 2.05 bits per heavy atom. The van der Waals surface area contributed by atoms with Gasteiger partial charge in [0.15, 0.2) is 11.0 Å². The Kier molecular flexibility index (Phi) is 4.53. The lowest BCUT2D eigenvalue weighted by atomic mass is 10.1. The van der Waals surface area contributed by atoms with Crippen molar-refractivity contribution in [2.45, 2.75) is 31.3 Å². The van der Waals surface area contributed by atoms with Crippen LogP contribution in [0.1, 0.15) is 18.1 Å². The van der Waals surface area contributed by atoms with Crippen molar-refractivity contribution in [2.24, 2.45) is 0 Å². The van der Waals surface area contributed by atoms with Crippen molar-refractivity contribution in [3.05, 3.63) is 59.9 Å². The van der Waals surface area contributed by atoms with Gasteiger partial charge in [-0.25, -0.2) is 0 Å². The van der Waals surface area contributed by atoms with E-state index < -0.39 is 0 Å². The molecule has 3 rings (SSSR count). The topological polar surface area (TPSA) is 43.6 Å². The molecule has 112 valence electrons. The van der Waals surface area contributed by atoms with Crippen LogP contribution in [0.5, 0.6) is 0 Å². The van der Waals surface area contributed by atoms with E-state index in [0.717, 1.165) is 28.8 Å². The van der Waals surface area contributed by atoms with Crippen molar-refractivity contribution in [1.82, 2.24) is 19.7 Å². The lowest BCUT2D eigenvalue weighted by Gasteiger charge is -2.07. The van der Waals surface area contributed by atoms with Crippen LogP contribution >= 0.6 is 11.8 Å². The molecule has 2 aromatic heterocycles. The molecule has 0 radical (unpaired) electrons. The second-order valence-corrected chi connectivity index (χ2v) is 6.01. The quantitative estimate of drug-likeness (QED) is 0.669. The Morgan fingerprint density at radius 3 is 2.77 bits per heavy atom. The van der Waals surface area contributed by atoms with Gasteiger partial charge in [-0.05, 0) is 31.5 Å². The second kappa shape index (κ2) is 6.75. The Bertz CT molecular complexity index is 752. The zero-order valence-electron chi connectivity index (χ0n) is 12.7. The van der Waals surface area contributed by atoms with Crippen LogP contribution in [0.3, 0.4) is 0 Å². The van der Waals surface area contributed by atoms with Gasteiger partial charge in [0.25, 0.3) is 0 Å². The van der Waals surface area contributed by atoms with Gasteiger partial charge in [-0.15, -0.1) is 10.2 Å². The highest BCUT2D eigenvalue weighted by Crippen LogP contribution is 2.26. The van der Waals surface area contributed by atoms with Crippen LogP contribution in [0.4, 0.5) is 0 Å². The predicted octanol–water partition coefficient (Wildman–Crippen LogP) is 3.96. The molecule has 0 N–H and O–H groups in total. The summed E-state index contributed by atoms with van der Waals surface area (Å²) in [5.41, 5.74) is 3.53. The summed E-state index contributed by atoms with van der Waals surface area (Å²) in [6.45, 7) is 5.07. The average Bonchev–Trinajstić information content (AvgIpc) is 2.97. The minimum atomic E-state index is 0.847. The second-order valence-electron chi connectivity index (χ2n) is 5.07. The molecule has 0 amide bonds. The molecule has 1 aromatic carbocycles. The van der Waals surface area contributed by atoms with E-state index in [1.54, 1.807) is 18.0 Å². The Labute approximate surface area is 134 Å². The summed E-state index contributed by atoms with van der Waals surface area (Å²) in [7, 11) is 0. The van der Waals surface area contributed by atoms with Gasteiger partial charge in [0.1, 0.15) is 0 Å². The Morgan fingerprint density at radius 1 is 1.14 bits per heavy atom. The molecule has 0 bridgehead atoms. The molecular formula is C17H18N4S. The molecule has 0 saturated carbocycles. The SMILES string of the molecule is CCn1c(SCc2cccnc2)nnc1-c1cccc(C)c1. The number of hydrogen-bond donors (Lipinski definition) is 0. The molecule has 0 aliphatic carbocycles. The first-order chi connectivity index (χ1) is 10.8. The van der Waals surface area contributed by atoms with Crippen molar-refractivity contribution < 1.29 is 0 Å². The van der Waals surface area contributed by atoms with Crippen LogP contribution in [0.25, 0.3) is 11.4 Å². The number of nitrogens with zero attached hydrogens (tertiary/aromatic N) is 4. The van der Waals surface area contributed by atoms with Gasteiger partial charge < -0.3 is 4.57 Å². The van der Waals surface area contributed by atoms with Gasteiger partial charge in [0.05, 0.1) is 0 Å². The molecule has 4 nitrogen and oxygen atoms in total. The normalized spacial score (nSPS) is 10.8. The number of aryl methyl sites for hydroxylation is 1. The van der Waals surface area contributed by atoms with Gasteiger partial charge in [0.2, 0.25) is 0 Å². The summed E-state index contributed by atoms with van der Waals surface area (Å²) in [4.78, 5) is 4.15. The molecule has 0 fully saturated rings. The molecule has 2 heterocycles. The standard InChI is InChI=1S/C17H18N4S/c1-3-21-16(15-8-4-6-13(2)10-15)19-20-17(21)22-12-14-7-5-9-18-11-14/h4-11H,3,12H2,1-2H3. The zero-order chi connectivity index (χ0) is 15.4. The third-order valence-electron chi connectivity index (χ3n) is 3.40. The number of hydrogen-bond acceptors (Lipinski definition) is 4. The van der Waals surface area contributed by atoms with Gasteiger partial charge >= 0.3 is 0 Å². The van der Waals surface area contributed by atoms with Crippen molar-refractivity contribution in [3.8, 4) is 11.4 Å². The largest absolute Gasteiger partial charge is 0.302 e. The maximum absolute atomic E-state index is 4.39. The zero-order valence-corrected chi connectivity index (χ0v) is 13.5. The van der Waals surface area contributed by atoms with Crippen LogP contribution in [-0.2, 0) is 12.3 Å². The van der Waals surface area contributed by atoms with Crippen LogP contribution in [0.15, 0.2) is 53.9 Å². The summed E-state index contributed by atoms with van der Waals surface area (Å²) in [6, 6.07) is 12.4. The highest BCUT2D eigenvalue weighted by atomic mass is 32.2. The molecule has 5 heteroatoms. The van der Waals surface area contributed by atoms with E-state index in [0.29, 0.717) is 0 Å². The van der Waals surface area contributed by atoms with Crippen LogP contribution in [0.2, 0.25) is 0 Å². The Balaban J connectivity index is 1.84. The van der Waals surface area contributed by atoms with Gasteiger partial charge in [-0.2, -0.15) is 0 Å². The number of thioether (sulfide) groups is 1. The highest BCUT2D eigenvalue weighted by Gasteiger charge is 2.13. The third kappa shape index (κ3) is 3.20. The van der Waals surface area contributed by atoms with Crippen molar-refractivity contribution >= 4 is 11.8 Å². The lowest BCUT2D eigenvalue weighted by Crippen LogP contribution is -2.00. The number of rotatable bonds is 5. The molecule has 0 aliphatic rings. The van der Waals surface area contributed by atoms with E-state index in [9.17, 15) is 0 Å². The fourth-order valence-electron chi connectivity index (χ4n) is 2.31. The smallest absolute Gasteiger partial charge is 0.191 e. The first kappa shape index (κ1) is 14.8. The summed E-state index contributed by atoms with van der Waals surface area (Å²) in [5, 5.41) is 9.70. The minimum absolute atomic E-state index is 0.847. The Hall–Kier alpha value is -2.14. The molecule has 0 spiro atoms. The average molecular weight is 310 g/mol. The van der Waals surface area contributed by atoms with Crippen molar-refractivity contribution in [2.75, 3.05) is 0 Å². The van der Waals surface area contributed by atoms with E-state index in [-0.39, 0.29) is 0 Å². The minimum Gasteiger partial charge on any atom is -0.302 e. The fourth-order valence-corrected chi connectivity index (χ4v) is 3.25. The summed E-state index contributed by atoms with van der Waals surface area (Å²) in [5.74, 6) is 1.78. The predicted molar refractivity (Wildman–Crippen MR) is 89.7 cm³/mol.